The first-order chi connectivity index (χ1) is 14.3. The zero-order chi connectivity index (χ0) is 22.1. The van der Waals surface area contributed by atoms with Crippen LogP contribution < -0.4 is 10.1 Å². The van der Waals surface area contributed by atoms with Gasteiger partial charge in [0.2, 0.25) is 5.91 Å². The minimum atomic E-state index is -0.619. The van der Waals surface area contributed by atoms with Crippen molar-refractivity contribution in [3.63, 3.8) is 0 Å². The molecule has 0 aliphatic rings. The van der Waals surface area contributed by atoms with Crippen molar-refractivity contribution in [3.8, 4) is 5.75 Å². The number of nitrogens with zero attached hydrogens (tertiary/aromatic N) is 1. The van der Waals surface area contributed by atoms with E-state index in [1.807, 2.05) is 43.3 Å². The van der Waals surface area contributed by atoms with Crippen molar-refractivity contribution in [3.05, 3.63) is 64.7 Å². The number of carbonyl (C=O) groups is 2. The molecule has 6 heteroatoms. The number of carbonyl (C=O) groups excluding carboxylic acids is 2. The zero-order valence-electron chi connectivity index (χ0n) is 18.2. The van der Waals surface area contributed by atoms with Gasteiger partial charge in [0.05, 0.1) is 0 Å². The van der Waals surface area contributed by atoms with Crippen LogP contribution in [0.25, 0.3) is 0 Å². The summed E-state index contributed by atoms with van der Waals surface area (Å²) in [6.45, 7) is 8.70. The summed E-state index contributed by atoms with van der Waals surface area (Å²) >= 11 is 5.96. The molecule has 30 heavy (non-hydrogen) atoms. The number of ether oxygens (including phenoxy) is 1. The van der Waals surface area contributed by atoms with E-state index < -0.39 is 6.04 Å². The average Bonchev–Trinajstić information content (AvgIpc) is 2.75. The van der Waals surface area contributed by atoms with E-state index in [-0.39, 0.29) is 18.4 Å². The molecule has 5 nitrogen and oxygen atoms in total. The molecule has 2 aromatic carbocycles. The summed E-state index contributed by atoms with van der Waals surface area (Å²) in [5, 5.41) is 3.48. The first kappa shape index (κ1) is 23.7. The van der Waals surface area contributed by atoms with Crippen molar-refractivity contribution >= 4 is 23.4 Å². The normalized spacial score (nSPS) is 11.8. The van der Waals surface area contributed by atoms with Gasteiger partial charge in [-0.15, -0.1) is 0 Å². The lowest BCUT2D eigenvalue weighted by atomic mass is 10.0. The maximum Gasteiger partial charge on any atom is 0.261 e. The second-order valence-electron chi connectivity index (χ2n) is 7.63. The molecule has 0 bridgehead atoms. The maximum absolute atomic E-state index is 13.0. The topological polar surface area (TPSA) is 58.6 Å². The van der Waals surface area contributed by atoms with Crippen molar-refractivity contribution < 1.29 is 14.3 Å². The Morgan fingerprint density at radius 1 is 1.03 bits per heavy atom. The van der Waals surface area contributed by atoms with Gasteiger partial charge in [0.25, 0.3) is 5.91 Å². The first-order valence-electron chi connectivity index (χ1n) is 10.4. The van der Waals surface area contributed by atoms with E-state index in [9.17, 15) is 9.59 Å². The summed E-state index contributed by atoms with van der Waals surface area (Å²) in [5.74, 6) is 0.623. The van der Waals surface area contributed by atoms with E-state index in [1.54, 1.807) is 19.1 Å². The summed E-state index contributed by atoms with van der Waals surface area (Å²) in [4.78, 5) is 27.0. The number of halogens is 1. The summed E-state index contributed by atoms with van der Waals surface area (Å²) < 4.78 is 5.71. The average molecular weight is 431 g/mol. The SMILES string of the molecule is CCCNC(=O)C(C)N(Cc1ccc(Cl)cc1)C(=O)COc1ccc(C(C)C)cc1. The highest BCUT2D eigenvalue weighted by molar-refractivity contribution is 6.30. The summed E-state index contributed by atoms with van der Waals surface area (Å²) in [5.41, 5.74) is 2.10. The molecule has 0 aliphatic carbocycles. The summed E-state index contributed by atoms with van der Waals surface area (Å²) in [6.07, 6.45) is 0.832. The molecule has 0 heterocycles. The molecule has 2 amide bonds. The molecule has 0 fully saturated rings. The standard InChI is InChI=1S/C24H31ClN2O3/c1-5-14-26-24(29)18(4)27(15-19-6-10-21(25)11-7-19)23(28)16-30-22-12-8-20(9-13-22)17(2)3/h6-13,17-18H,5,14-16H2,1-4H3,(H,26,29). The predicted molar refractivity (Wildman–Crippen MR) is 121 cm³/mol. The van der Waals surface area contributed by atoms with E-state index in [0.29, 0.717) is 29.8 Å². The van der Waals surface area contributed by atoms with Crippen LogP contribution >= 0.6 is 11.6 Å². The van der Waals surface area contributed by atoms with E-state index in [0.717, 1.165) is 12.0 Å². The Balaban J connectivity index is 2.09. The number of amides is 2. The van der Waals surface area contributed by atoms with Gasteiger partial charge < -0.3 is 15.0 Å². The van der Waals surface area contributed by atoms with Gasteiger partial charge in [0, 0.05) is 18.1 Å². The van der Waals surface area contributed by atoms with E-state index in [4.69, 9.17) is 16.3 Å². The molecule has 0 saturated heterocycles. The molecular weight excluding hydrogens is 400 g/mol. The van der Waals surface area contributed by atoms with Gasteiger partial charge in [-0.3, -0.25) is 9.59 Å². The van der Waals surface area contributed by atoms with Crippen LogP contribution in [0.2, 0.25) is 5.02 Å². The Morgan fingerprint density at radius 3 is 2.23 bits per heavy atom. The lowest BCUT2D eigenvalue weighted by Crippen LogP contribution is -2.49. The largest absolute Gasteiger partial charge is 0.484 e. The van der Waals surface area contributed by atoms with Crippen molar-refractivity contribution in [1.82, 2.24) is 10.2 Å². The molecule has 0 spiro atoms. The number of nitrogens with one attached hydrogen (secondary N) is 1. The second kappa shape index (κ2) is 11.6. The maximum atomic E-state index is 13.0. The van der Waals surface area contributed by atoms with E-state index >= 15 is 0 Å². The van der Waals surface area contributed by atoms with Gasteiger partial charge in [-0.1, -0.05) is 56.6 Å². The van der Waals surface area contributed by atoms with E-state index in [1.165, 1.54) is 10.5 Å². The fourth-order valence-corrected chi connectivity index (χ4v) is 3.07. The molecule has 1 atom stereocenters. The minimum absolute atomic E-state index is 0.139. The molecule has 2 rings (SSSR count). The van der Waals surface area contributed by atoms with Crippen molar-refractivity contribution in [1.29, 1.82) is 0 Å². The first-order valence-corrected chi connectivity index (χ1v) is 10.7. The molecule has 0 aliphatic heterocycles. The highest BCUT2D eigenvalue weighted by Gasteiger charge is 2.26. The highest BCUT2D eigenvalue weighted by atomic mass is 35.5. The van der Waals surface area contributed by atoms with Crippen LogP contribution in [0.1, 0.15) is 51.2 Å². The van der Waals surface area contributed by atoms with Crippen molar-refractivity contribution in [2.75, 3.05) is 13.2 Å². The summed E-state index contributed by atoms with van der Waals surface area (Å²) in [6, 6.07) is 14.4. The molecule has 2 aromatic rings. The predicted octanol–water partition coefficient (Wildman–Crippen LogP) is 4.79. The molecule has 1 unspecified atom stereocenters. The fourth-order valence-electron chi connectivity index (χ4n) is 2.94. The minimum Gasteiger partial charge on any atom is -0.484 e. The monoisotopic (exact) mass is 430 g/mol. The van der Waals surface area contributed by atoms with Gasteiger partial charge in [-0.25, -0.2) is 0 Å². The Hall–Kier alpha value is -2.53. The Morgan fingerprint density at radius 2 is 1.67 bits per heavy atom. The smallest absolute Gasteiger partial charge is 0.261 e. The van der Waals surface area contributed by atoms with Crippen LogP contribution in [-0.2, 0) is 16.1 Å². The molecule has 0 aromatic heterocycles. The van der Waals surface area contributed by atoms with Gasteiger partial charge in [0.1, 0.15) is 11.8 Å². The Bertz CT molecular complexity index is 819. The Labute approximate surface area is 184 Å². The number of rotatable bonds is 10. The van der Waals surface area contributed by atoms with Gasteiger partial charge >= 0.3 is 0 Å². The third-order valence-electron chi connectivity index (χ3n) is 4.89. The number of benzene rings is 2. The van der Waals surface area contributed by atoms with Crippen LogP contribution in [0.3, 0.4) is 0 Å². The molecular formula is C24H31ClN2O3. The second-order valence-corrected chi connectivity index (χ2v) is 8.06. The van der Waals surface area contributed by atoms with Crippen molar-refractivity contribution in [2.45, 2.75) is 52.6 Å². The molecule has 162 valence electrons. The number of hydrogen-bond donors (Lipinski definition) is 1. The van der Waals surface area contributed by atoms with Crippen LogP contribution in [0.5, 0.6) is 5.75 Å². The molecule has 0 saturated carbocycles. The van der Waals surface area contributed by atoms with Crippen LogP contribution in [0.15, 0.2) is 48.5 Å². The lowest BCUT2D eigenvalue weighted by Gasteiger charge is -2.28. The van der Waals surface area contributed by atoms with Gasteiger partial charge in [0.15, 0.2) is 6.61 Å². The molecule has 1 N–H and O–H groups in total. The third kappa shape index (κ3) is 7.06. The lowest BCUT2D eigenvalue weighted by molar-refractivity contribution is -0.142. The Kier molecular flexibility index (Phi) is 9.18. The van der Waals surface area contributed by atoms with Crippen LogP contribution in [0, 0.1) is 0 Å². The zero-order valence-corrected chi connectivity index (χ0v) is 18.9. The van der Waals surface area contributed by atoms with Crippen LogP contribution in [0.4, 0.5) is 0 Å². The number of hydrogen-bond acceptors (Lipinski definition) is 3. The fraction of sp³-hybridized carbons (Fsp3) is 0.417. The van der Waals surface area contributed by atoms with Crippen LogP contribution in [-0.4, -0.2) is 35.9 Å². The molecule has 0 radical (unpaired) electrons. The third-order valence-corrected chi connectivity index (χ3v) is 5.14. The highest BCUT2D eigenvalue weighted by Crippen LogP contribution is 2.19. The van der Waals surface area contributed by atoms with Crippen molar-refractivity contribution in [2.24, 2.45) is 0 Å². The van der Waals surface area contributed by atoms with Gasteiger partial charge in [-0.2, -0.15) is 0 Å². The van der Waals surface area contributed by atoms with E-state index in [2.05, 4.69) is 19.2 Å². The quantitative estimate of drug-likeness (QED) is 0.589. The summed E-state index contributed by atoms with van der Waals surface area (Å²) in [7, 11) is 0. The van der Waals surface area contributed by atoms with Gasteiger partial charge in [-0.05, 0) is 54.7 Å².